The summed E-state index contributed by atoms with van der Waals surface area (Å²) in [7, 11) is 0. The third-order valence-corrected chi connectivity index (χ3v) is 8.20. The van der Waals surface area contributed by atoms with E-state index in [1.54, 1.807) is 62.3 Å². The second-order valence-electron chi connectivity index (χ2n) is 17.4. The molecule has 354 valence electrons. The van der Waals surface area contributed by atoms with Crippen molar-refractivity contribution in [2.45, 2.75) is 142 Å². The average Bonchev–Trinajstić information content (AvgIpc) is 3.74. The van der Waals surface area contributed by atoms with E-state index in [0.29, 0.717) is 0 Å². The zero-order valence-corrected chi connectivity index (χ0v) is 37.4. The average molecular weight is 907 g/mol. The number of amides is 3. The van der Waals surface area contributed by atoms with Gasteiger partial charge in [0.05, 0.1) is 45.2 Å². The van der Waals surface area contributed by atoms with Crippen LogP contribution in [0.15, 0.2) is 12.7 Å². The first kappa shape index (κ1) is 51.9. The van der Waals surface area contributed by atoms with Gasteiger partial charge in [-0.1, -0.05) is 0 Å². The summed E-state index contributed by atoms with van der Waals surface area (Å²) in [5, 5.41) is 6.92. The Balaban J connectivity index is 1.81. The maximum atomic E-state index is 13.4. The van der Waals surface area contributed by atoms with Crippen molar-refractivity contribution in [1.29, 1.82) is 0 Å². The lowest BCUT2D eigenvalue weighted by Crippen LogP contribution is -2.41. The molecular formula is C40H58N8O16. The molecule has 0 bridgehead atoms. The molecule has 3 rings (SSSR count). The molecule has 0 aliphatic carbocycles. The summed E-state index contributed by atoms with van der Waals surface area (Å²) in [4.78, 5) is 126. The molecule has 1 aliphatic heterocycles. The van der Waals surface area contributed by atoms with Crippen LogP contribution in [0.3, 0.4) is 0 Å². The van der Waals surface area contributed by atoms with Gasteiger partial charge in [0.25, 0.3) is 0 Å². The maximum Gasteiger partial charge on any atom is 0.408 e. The molecule has 64 heavy (non-hydrogen) atoms. The number of ether oxygens (including phenoxy) is 7. The first-order chi connectivity index (χ1) is 29.7. The normalized spacial score (nSPS) is 17.4. The zero-order valence-electron chi connectivity index (χ0n) is 37.4. The maximum absolute atomic E-state index is 13.4. The summed E-state index contributed by atoms with van der Waals surface area (Å²) in [6.45, 7) is 12.8. The number of nitrogen functional groups attached to an aromatic ring is 1. The predicted octanol–water partition coefficient (Wildman–Crippen LogP) is 2.29. The fourth-order valence-corrected chi connectivity index (χ4v) is 5.50. The number of aromatic nitrogens is 4. The third-order valence-electron chi connectivity index (χ3n) is 8.20. The van der Waals surface area contributed by atoms with Gasteiger partial charge in [0.2, 0.25) is 0 Å². The van der Waals surface area contributed by atoms with E-state index in [1.165, 1.54) is 10.9 Å². The van der Waals surface area contributed by atoms with E-state index in [1.807, 2.05) is 0 Å². The Morgan fingerprint density at radius 1 is 0.609 bits per heavy atom. The van der Waals surface area contributed by atoms with Gasteiger partial charge in [0.1, 0.15) is 41.4 Å². The number of alkyl carbamates (subject to hydrolysis) is 3. The fraction of sp³-hybridized carbons (Fsp3) is 0.650. The van der Waals surface area contributed by atoms with Gasteiger partial charge in [0.15, 0.2) is 47.3 Å². The minimum Gasteiger partial charge on any atom is -0.463 e. The number of carbonyl (C=O) groups excluding carboxylic acids is 9. The summed E-state index contributed by atoms with van der Waals surface area (Å²) in [5.41, 5.74) is 3.80. The van der Waals surface area contributed by atoms with Gasteiger partial charge in [-0.15, -0.1) is 0 Å². The first-order valence-corrected chi connectivity index (χ1v) is 20.3. The van der Waals surface area contributed by atoms with Gasteiger partial charge >= 0.3 is 36.2 Å². The Bertz CT molecular complexity index is 2030. The lowest BCUT2D eigenvalue weighted by molar-refractivity contribution is -0.169. The van der Waals surface area contributed by atoms with Crippen LogP contribution in [0, 0.1) is 0 Å². The summed E-state index contributed by atoms with van der Waals surface area (Å²) in [6.07, 6.45) is -8.55. The number of rotatable bonds is 20. The highest BCUT2D eigenvalue weighted by Gasteiger charge is 2.51. The Morgan fingerprint density at radius 2 is 1.03 bits per heavy atom. The molecular weight excluding hydrogens is 848 g/mol. The number of hydrogen-bond acceptors (Lipinski definition) is 20. The SMILES string of the molecule is CC(C)(C)OC(=O)NCC(=O)CCC(=O)OC[C@H]1O[C@@H](n2cnc3c(N)ncnc32)[C@H](OC(=O)CCC(=O)CNC(=O)OC(C)(C)C)[C@@H]1OC(=O)CCC(=O)CNC(=O)OC(C)(C)C. The topological polar surface area (TPSA) is 324 Å². The van der Waals surface area contributed by atoms with Crippen LogP contribution in [-0.4, -0.2) is 134 Å². The monoisotopic (exact) mass is 906 g/mol. The third kappa shape index (κ3) is 18.5. The van der Waals surface area contributed by atoms with Crippen molar-refractivity contribution in [2.75, 3.05) is 32.0 Å². The van der Waals surface area contributed by atoms with Gasteiger partial charge in [0, 0.05) is 19.3 Å². The number of esters is 3. The number of nitrogens with zero attached hydrogens (tertiary/aromatic N) is 4. The summed E-state index contributed by atoms with van der Waals surface area (Å²) < 4.78 is 39.9. The van der Waals surface area contributed by atoms with Crippen LogP contribution in [0.25, 0.3) is 11.2 Å². The van der Waals surface area contributed by atoms with Crippen LogP contribution in [0.1, 0.15) is 107 Å². The summed E-state index contributed by atoms with van der Waals surface area (Å²) in [5.74, 6) is -4.46. The van der Waals surface area contributed by atoms with Gasteiger partial charge in [-0.05, 0) is 62.3 Å². The number of nitrogens with two attached hydrogens (primary N) is 1. The van der Waals surface area contributed by atoms with E-state index in [0.717, 1.165) is 6.33 Å². The van der Waals surface area contributed by atoms with E-state index >= 15 is 0 Å². The smallest absolute Gasteiger partial charge is 0.408 e. The number of imidazole rings is 1. The van der Waals surface area contributed by atoms with Crippen LogP contribution in [0.5, 0.6) is 0 Å². The molecule has 1 saturated heterocycles. The lowest BCUT2D eigenvalue weighted by atomic mass is 10.1. The standard InChI is InChI=1S/C40H58N8O16/c1-38(2,3)62-35(55)42-16-22(49)10-13-26(52)58-19-25-30(60-27(53)14-11-23(50)17-43-36(56)63-39(4,5)6)31(34(59-25)48-21-47-29-32(41)45-20-46-33(29)48)61-28(54)15-12-24(51)18-44-37(57)64-40(7,8)9/h20-21,25,30-31,34H,10-19H2,1-9H3,(H,42,55)(H,43,56)(H,44,57)(H2,41,45,46)/t25-,30-,31-,34-/m1/s1. The van der Waals surface area contributed by atoms with Gasteiger partial charge in [-0.3, -0.25) is 33.3 Å². The number of hydrogen-bond donors (Lipinski definition) is 4. The highest BCUT2D eigenvalue weighted by molar-refractivity contribution is 5.88. The van der Waals surface area contributed by atoms with Crippen molar-refractivity contribution in [2.24, 2.45) is 0 Å². The molecule has 3 heterocycles. The van der Waals surface area contributed by atoms with Crippen molar-refractivity contribution < 1.29 is 76.3 Å². The van der Waals surface area contributed by atoms with Crippen molar-refractivity contribution in [1.82, 2.24) is 35.5 Å². The van der Waals surface area contributed by atoms with Gasteiger partial charge in [-0.2, -0.15) is 0 Å². The summed E-state index contributed by atoms with van der Waals surface area (Å²) >= 11 is 0. The van der Waals surface area contributed by atoms with Crippen molar-refractivity contribution in [3.8, 4) is 0 Å². The second-order valence-corrected chi connectivity index (χ2v) is 17.4. The van der Waals surface area contributed by atoms with Crippen molar-refractivity contribution in [3.05, 3.63) is 12.7 Å². The molecule has 1 fully saturated rings. The van der Waals surface area contributed by atoms with E-state index in [-0.39, 0.29) is 29.8 Å². The number of carbonyl (C=O) groups is 9. The molecule has 2 aromatic rings. The Hall–Kier alpha value is -6.46. The molecule has 24 heteroatoms. The Labute approximate surface area is 368 Å². The molecule has 24 nitrogen and oxygen atoms in total. The molecule has 0 radical (unpaired) electrons. The number of nitrogens with one attached hydrogen (secondary N) is 3. The lowest BCUT2D eigenvalue weighted by Gasteiger charge is -2.25. The van der Waals surface area contributed by atoms with E-state index in [4.69, 9.17) is 38.9 Å². The molecule has 3 amide bonds. The van der Waals surface area contributed by atoms with E-state index in [2.05, 4.69) is 30.9 Å². The number of anilines is 1. The highest BCUT2D eigenvalue weighted by Crippen LogP contribution is 2.36. The second kappa shape index (κ2) is 22.8. The van der Waals surface area contributed by atoms with Crippen LogP contribution >= 0.6 is 0 Å². The minimum atomic E-state index is -1.55. The largest absolute Gasteiger partial charge is 0.463 e. The first-order valence-electron chi connectivity index (χ1n) is 20.3. The van der Waals surface area contributed by atoms with Gasteiger partial charge in [-0.25, -0.2) is 29.3 Å². The molecule has 0 aromatic carbocycles. The number of ketones is 3. The molecule has 0 spiro atoms. The highest BCUT2D eigenvalue weighted by atomic mass is 16.7. The summed E-state index contributed by atoms with van der Waals surface area (Å²) in [6, 6.07) is 0. The van der Waals surface area contributed by atoms with Crippen molar-refractivity contribution >= 4 is 70.5 Å². The number of fused-ring (bicyclic) bond motifs is 1. The fourth-order valence-electron chi connectivity index (χ4n) is 5.50. The Kier molecular flexibility index (Phi) is 18.5. The quantitative estimate of drug-likeness (QED) is 0.109. The van der Waals surface area contributed by atoms with Crippen LogP contribution in [0.4, 0.5) is 20.2 Å². The zero-order chi connectivity index (χ0) is 48.0. The molecule has 0 saturated carbocycles. The molecule has 2 aromatic heterocycles. The number of Topliss-reactive ketones (excluding diaryl/α,β-unsaturated/α-hetero) is 3. The molecule has 0 unspecified atom stereocenters. The van der Waals surface area contributed by atoms with Gasteiger partial charge < -0.3 is 54.8 Å². The van der Waals surface area contributed by atoms with E-state index in [9.17, 15) is 43.2 Å². The van der Waals surface area contributed by atoms with Crippen LogP contribution < -0.4 is 21.7 Å². The van der Waals surface area contributed by atoms with E-state index < -0.39 is 147 Å². The van der Waals surface area contributed by atoms with Crippen molar-refractivity contribution in [3.63, 3.8) is 0 Å². The van der Waals surface area contributed by atoms with Crippen LogP contribution in [-0.2, 0) is 61.9 Å². The molecule has 5 N–H and O–H groups in total. The Morgan fingerprint density at radius 3 is 1.47 bits per heavy atom. The molecule has 1 aliphatic rings. The predicted molar refractivity (Wildman–Crippen MR) is 220 cm³/mol. The minimum absolute atomic E-state index is 0.0103. The molecule has 4 atom stereocenters. The van der Waals surface area contributed by atoms with Crippen LogP contribution in [0.2, 0.25) is 0 Å².